The number of ketones is 2. The summed E-state index contributed by atoms with van der Waals surface area (Å²) < 4.78 is 34.0. The van der Waals surface area contributed by atoms with Crippen LogP contribution in [0, 0.1) is 0 Å². The Labute approximate surface area is 236 Å². The Morgan fingerprint density at radius 3 is 2.20 bits per heavy atom. The molecule has 1 aliphatic heterocycles. The van der Waals surface area contributed by atoms with Gasteiger partial charge in [0.2, 0.25) is 5.78 Å². The van der Waals surface area contributed by atoms with E-state index < -0.39 is 71.6 Å². The highest BCUT2D eigenvalue weighted by Gasteiger charge is 2.52. The fourth-order valence-electron chi connectivity index (χ4n) is 6.33. The zero-order valence-corrected chi connectivity index (χ0v) is 23.5. The number of rotatable bonds is 6. The third kappa shape index (κ3) is 4.50. The third-order valence-electron chi connectivity index (χ3n) is 8.25. The van der Waals surface area contributed by atoms with Crippen LogP contribution < -0.4 is 4.74 Å². The summed E-state index contributed by atoms with van der Waals surface area (Å²) in [5, 5.41) is 44.6. The van der Waals surface area contributed by atoms with Crippen LogP contribution in [0.5, 0.6) is 17.2 Å². The normalized spacial score (nSPS) is 32.7. The standard InChI is InChI=1S/C29H34O12/c1-11-24(37-4)23(34)26(38-5)28(40-11)41-25-17-12(10-29(2,35)27(25)39-6)7-14-19(21(17)32)22(33)18-15(20(14)31)8-13(36-3)9-16(18)30/h7-9,11,23-28,30,32,34-35H,10H2,1-6H3. The van der Waals surface area contributed by atoms with E-state index in [-0.39, 0.29) is 40.0 Å². The zero-order chi connectivity index (χ0) is 30.0. The number of ether oxygens (including phenoxy) is 6. The van der Waals surface area contributed by atoms with Crippen molar-refractivity contribution in [3.8, 4) is 17.2 Å². The average molecular weight is 575 g/mol. The van der Waals surface area contributed by atoms with Crippen molar-refractivity contribution < 1.29 is 58.4 Å². The van der Waals surface area contributed by atoms with Gasteiger partial charge in [-0.25, -0.2) is 0 Å². The lowest BCUT2D eigenvalue weighted by Crippen LogP contribution is -2.60. The van der Waals surface area contributed by atoms with E-state index in [1.165, 1.54) is 53.6 Å². The van der Waals surface area contributed by atoms with Gasteiger partial charge in [0.15, 0.2) is 12.1 Å². The molecule has 12 heteroatoms. The Kier molecular flexibility index (Phi) is 7.62. The number of hydrogen-bond donors (Lipinski definition) is 4. The monoisotopic (exact) mass is 574 g/mol. The number of carbonyl (C=O) groups excluding carboxylic acids is 2. The second-order valence-corrected chi connectivity index (χ2v) is 10.8. The molecule has 1 saturated heterocycles. The number of aromatic hydroxyl groups is 2. The highest BCUT2D eigenvalue weighted by molar-refractivity contribution is 6.30. The average Bonchev–Trinajstić information content (AvgIpc) is 2.90. The van der Waals surface area contributed by atoms with Gasteiger partial charge in [-0.1, -0.05) is 0 Å². The number of carbonyl (C=O) groups is 2. The molecule has 4 N–H and O–H groups in total. The molecule has 8 atom stereocenters. The van der Waals surface area contributed by atoms with Gasteiger partial charge < -0.3 is 48.8 Å². The fourth-order valence-corrected chi connectivity index (χ4v) is 6.33. The van der Waals surface area contributed by atoms with Gasteiger partial charge in [0, 0.05) is 50.5 Å². The quantitative estimate of drug-likeness (QED) is 0.334. The summed E-state index contributed by atoms with van der Waals surface area (Å²) in [5.41, 5.74) is -1.84. The molecular weight excluding hydrogens is 540 g/mol. The van der Waals surface area contributed by atoms with Crippen LogP contribution in [0.4, 0.5) is 0 Å². The van der Waals surface area contributed by atoms with E-state index in [1.54, 1.807) is 6.92 Å². The maximum atomic E-state index is 13.7. The van der Waals surface area contributed by atoms with Crippen LogP contribution in [-0.4, -0.2) is 103 Å². The molecule has 1 fully saturated rings. The number of benzene rings is 2. The van der Waals surface area contributed by atoms with Gasteiger partial charge in [0.1, 0.15) is 47.8 Å². The first-order valence-corrected chi connectivity index (χ1v) is 13.1. The van der Waals surface area contributed by atoms with Gasteiger partial charge >= 0.3 is 0 Å². The summed E-state index contributed by atoms with van der Waals surface area (Å²) in [5.74, 6) is -2.21. The molecule has 0 aromatic heterocycles. The maximum absolute atomic E-state index is 13.7. The molecule has 2 aliphatic carbocycles. The molecule has 2 aromatic carbocycles. The van der Waals surface area contributed by atoms with E-state index in [0.29, 0.717) is 5.56 Å². The molecule has 3 aliphatic rings. The SMILES string of the molecule is COc1cc(O)c2c(c1)C(=O)c1cc3c(c(O)c1C2=O)C(OC1OC(C)C(OC)C(O)C1OC)C(OC)C(C)(O)C3. The Hall–Kier alpha value is -3.10. The predicted molar refractivity (Wildman–Crippen MR) is 141 cm³/mol. The molecule has 0 amide bonds. The summed E-state index contributed by atoms with van der Waals surface area (Å²) in [6.07, 6.45) is -7.07. The number of methoxy groups -OCH3 is 4. The zero-order valence-electron chi connectivity index (χ0n) is 23.5. The van der Waals surface area contributed by atoms with Crippen molar-refractivity contribution in [1.29, 1.82) is 0 Å². The molecule has 0 spiro atoms. The first-order chi connectivity index (χ1) is 19.4. The topological polar surface area (TPSA) is 170 Å². The van der Waals surface area contributed by atoms with Gasteiger partial charge in [0.05, 0.1) is 29.9 Å². The summed E-state index contributed by atoms with van der Waals surface area (Å²) in [4.78, 5) is 27.3. The lowest BCUT2D eigenvalue weighted by atomic mass is 9.73. The number of fused-ring (bicyclic) bond motifs is 3. The van der Waals surface area contributed by atoms with Gasteiger partial charge in [-0.15, -0.1) is 0 Å². The maximum Gasteiger partial charge on any atom is 0.201 e. The summed E-state index contributed by atoms with van der Waals surface area (Å²) in [6.45, 7) is 3.21. The second-order valence-electron chi connectivity index (χ2n) is 10.8. The van der Waals surface area contributed by atoms with Crippen LogP contribution in [0.15, 0.2) is 18.2 Å². The first-order valence-electron chi connectivity index (χ1n) is 13.1. The first kappa shape index (κ1) is 29.4. The van der Waals surface area contributed by atoms with E-state index in [2.05, 4.69) is 0 Å². The molecule has 222 valence electrons. The van der Waals surface area contributed by atoms with Crippen molar-refractivity contribution >= 4 is 11.6 Å². The van der Waals surface area contributed by atoms with E-state index in [9.17, 15) is 30.0 Å². The van der Waals surface area contributed by atoms with Crippen LogP contribution in [0.3, 0.4) is 0 Å². The Morgan fingerprint density at radius 1 is 0.927 bits per heavy atom. The Morgan fingerprint density at radius 2 is 1.59 bits per heavy atom. The van der Waals surface area contributed by atoms with Gasteiger partial charge in [-0.3, -0.25) is 9.59 Å². The smallest absolute Gasteiger partial charge is 0.201 e. The van der Waals surface area contributed by atoms with Gasteiger partial charge in [-0.05, 0) is 31.5 Å². The number of hydrogen-bond acceptors (Lipinski definition) is 12. The minimum absolute atomic E-state index is 0.0523. The summed E-state index contributed by atoms with van der Waals surface area (Å²) in [6, 6.07) is 4.00. The van der Waals surface area contributed by atoms with Crippen LogP contribution >= 0.6 is 0 Å². The molecular formula is C29H34O12. The predicted octanol–water partition coefficient (Wildman–Crippen LogP) is 1.40. The molecule has 0 bridgehead atoms. The van der Waals surface area contributed by atoms with Crippen LogP contribution in [0.2, 0.25) is 0 Å². The van der Waals surface area contributed by atoms with E-state index in [4.69, 9.17) is 28.4 Å². The Bertz CT molecular complexity index is 1380. The molecule has 8 unspecified atom stereocenters. The van der Waals surface area contributed by atoms with Crippen molar-refractivity contribution in [3.05, 3.63) is 51.6 Å². The lowest BCUT2D eigenvalue weighted by Gasteiger charge is -2.47. The number of phenolic OH excluding ortho intramolecular Hbond substituents is 2. The molecule has 12 nitrogen and oxygen atoms in total. The molecule has 0 saturated carbocycles. The third-order valence-corrected chi connectivity index (χ3v) is 8.25. The van der Waals surface area contributed by atoms with Crippen molar-refractivity contribution in [2.75, 3.05) is 28.4 Å². The molecule has 2 aromatic rings. The van der Waals surface area contributed by atoms with Crippen molar-refractivity contribution in [2.24, 2.45) is 0 Å². The van der Waals surface area contributed by atoms with E-state index in [0.717, 1.165) is 0 Å². The number of phenols is 2. The van der Waals surface area contributed by atoms with E-state index >= 15 is 0 Å². The molecule has 0 radical (unpaired) electrons. The summed E-state index contributed by atoms with van der Waals surface area (Å²) >= 11 is 0. The minimum atomic E-state index is -1.55. The summed E-state index contributed by atoms with van der Waals surface area (Å²) in [7, 11) is 5.52. The van der Waals surface area contributed by atoms with Gasteiger partial charge in [0.25, 0.3) is 0 Å². The highest BCUT2D eigenvalue weighted by atomic mass is 16.7. The van der Waals surface area contributed by atoms with E-state index in [1.807, 2.05) is 0 Å². The van der Waals surface area contributed by atoms with Crippen LogP contribution in [0.1, 0.15) is 62.9 Å². The highest BCUT2D eigenvalue weighted by Crippen LogP contribution is 2.49. The Balaban J connectivity index is 1.65. The van der Waals surface area contributed by atoms with Gasteiger partial charge in [-0.2, -0.15) is 0 Å². The lowest BCUT2D eigenvalue weighted by molar-refractivity contribution is -0.325. The minimum Gasteiger partial charge on any atom is -0.507 e. The van der Waals surface area contributed by atoms with Crippen molar-refractivity contribution in [2.45, 2.75) is 68.8 Å². The molecule has 1 heterocycles. The van der Waals surface area contributed by atoms with Crippen molar-refractivity contribution in [3.63, 3.8) is 0 Å². The number of aliphatic hydroxyl groups excluding tert-OH is 1. The van der Waals surface area contributed by atoms with Crippen LogP contribution in [0.25, 0.3) is 0 Å². The molecule has 41 heavy (non-hydrogen) atoms. The molecule has 5 rings (SSSR count). The van der Waals surface area contributed by atoms with Crippen LogP contribution in [-0.2, 0) is 30.1 Å². The largest absolute Gasteiger partial charge is 0.507 e. The van der Waals surface area contributed by atoms with Crippen molar-refractivity contribution in [1.82, 2.24) is 0 Å². The fraction of sp³-hybridized carbons (Fsp3) is 0.517. The number of aliphatic hydroxyl groups is 2. The second kappa shape index (κ2) is 10.6.